The van der Waals surface area contributed by atoms with Crippen LogP contribution in [0.1, 0.15) is 30.0 Å². The third-order valence-corrected chi connectivity index (χ3v) is 6.26. The van der Waals surface area contributed by atoms with Crippen molar-refractivity contribution in [1.29, 1.82) is 0 Å². The zero-order valence-electron chi connectivity index (χ0n) is 15.7. The summed E-state index contributed by atoms with van der Waals surface area (Å²) in [4.78, 5) is 33.8. The Hall–Kier alpha value is -1.40. The van der Waals surface area contributed by atoms with Gasteiger partial charge in [-0.3, -0.25) is 14.5 Å². The smallest absolute Gasteiger partial charge is 0.225 e. The molecule has 0 saturated carbocycles. The lowest BCUT2D eigenvalue weighted by molar-refractivity contribution is -0.135. The molecule has 138 valence electrons. The third-order valence-electron chi connectivity index (χ3n) is 5.28. The summed E-state index contributed by atoms with van der Waals surface area (Å²) < 4.78 is 0. The second-order valence-corrected chi connectivity index (χ2v) is 9.44. The van der Waals surface area contributed by atoms with E-state index in [0.717, 1.165) is 32.7 Å². The van der Waals surface area contributed by atoms with Gasteiger partial charge in [0.25, 0.3) is 0 Å². The maximum atomic E-state index is 12.6. The van der Waals surface area contributed by atoms with E-state index in [4.69, 9.17) is 0 Å². The van der Waals surface area contributed by atoms with E-state index in [2.05, 4.69) is 24.0 Å². The van der Waals surface area contributed by atoms with Crippen LogP contribution in [-0.4, -0.2) is 66.3 Å². The van der Waals surface area contributed by atoms with Crippen LogP contribution in [0.15, 0.2) is 12.1 Å². The molecule has 25 heavy (non-hydrogen) atoms. The average Bonchev–Trinajstić information content (AvgIpc) is 2.99. The summed E-state index contributed by atoms with van der Waals surface area (Å²) in [6.45, 7) is 10.9. The number of thiophene rings is 1. The summed E-state index contributed by atoms with van der Waals surface area (Å²) in [6, 6.07) is 4.36. The lowest BCUT2D eigenvalue weighted by Crippen LogP contribution is -2.45. The molecule has 0 bridgehead atoms. The zero-order chi connectivity index (χ0) is 18.2. The Morgan fingerprint density at radius 1 is 1.24 bits per heavy atom. The lowest BCUT2D eigenvalue weighted by atomic mass is 9.85. The van der Waals surface area contributed by atoms with E-state index in [1.165, 1.54) is 9.75 Å². The van der Waals surface area contributed by atoms with Gasteiger partial charge in [0.2, 0.25) is 11.8 Å². The van der Waals surface area contributed by atoms with Crippen LogP contribution >= 0.6 is 11.3 Å². The fraction of sp³-hybridized carbons (Fsp3) is 0.684. The molecule has 2 aliphatic rings. The van der Waals surface area contributed by atoms with E-state index in [1.54, 1.807) is 0 Å². The minimum absolute atomic E-state index is 0.00150. The van der Waals surface area contributed by atoms with E-state index in [9.17, 15) is 9.59 Å². The van der Waals surface area contributed by atoms with Crippen LogP contribution in [0.5, 0.6) is 0 Å². The van der Waals surface area contributed by atoms with Gasteiger partial charge in [-0.1, -0.05) is 13.8 Å². The Morgan fingerprint density at radius 3 is 2.56 bits per heavy atom. The summed E-state index contributed by atoms with van der Waals surface area (Å²) in [5.74, 6) is 0.402. The van der Waals surface area contributed by atoms with E-state index >= 15 is 0 Å². The molecular weight excluding hydrogens is 334 g/mol. The molecule has 3 heterocycles. The molecule has 2 aliphatic heterocycles. The summed E-state index contributed by atoms with van der Waals surface area (Å²) in [7, 11) is 1.88. The van der Waals surface area contributed by atoms with Crippen molar-refractivity contribution in [2.75, 3.05) is 39.8 Å². The fourth-order valence-electron chi connectivity index (χ4n) is 4.14. The van der Waals surface area contributed by atoms with Gasteiger partial charge in [0, 0.05) is 73.8 Å². The average molecular weight is 364 g/mol. The van der Waals surface area contributed by atoms with Gasteiger partial charge >= 0.3 is 0 Å². The highest BCUT2D eigenvalue weighted by Crippen LogP contribution is 2.35. The predicted octanol–water partition coefficient (Wildman–Crippen LogP) is 2.21. The number of amides is 2. The summed E-state index contributed by atoms with van der Waals surface area (Å²) in [5, 5.41) is 0. The summed E-state index contributed by atoms with van der Waals surface area (Å²) in [6.07, 6.45) is 0.547. The van der Waals surface area contributed by atoms with Gasteiger partial charge in [-0.2, -0.15) is 0 Å². The molecule has 2 fully saturated rings. The number of nitrogens with zero attached hydrogens (tertiary/aromatic N) is 3. The van der Waals surface area contributed by atoms with Gasteiger partial charge in [-0.05, 0) is 19.1 Å². The molecule has 3 rings (SSSR count). The molecule has 0 radical (unpaired) electrons. The van der Waals surface area contributed by atoms with Crippen molar-refractivity contribution < 1.29 is 9.59 Å². The number of hydrogen-bond acceptors (Lipinski definition) is 4. The molecule has 6 heteroatoms. The Labute approximate surface area is 154 Å². The number of carbonyl (C=O) groups is 2. The van der Waals surface area contributed by atoms with Crippen LogP contribution in [0.4, 0.5) is 0 Å². The number of carbonyl (C=O) groups excluding carboxylic acids is 2. The molecule has 1 atom stereocenters. The van der Waals surface area contributed by atoms with Crippen LogP contribution < -0.4 is 0 Å². The number of likely N-dealkylation sites (tertiary alicyclic amines) is 1. The van der Waals surface area contributed by atoms with Crippen LogP contribution in [0.2, 0.25) is 0 Å². The summed E-state index contributed by atoms with van der Waals surface area (Å²) in [5.41, 5.74) is -0.140. The first-order valence-corrected chi connectivity index (χ1v) is 9.90. The van der Waals surface area contributed by atoms with E-state index in [1.807, 2.05) is 42.0 Å². The quantitative estimate of drug-likeness (QED) is 0.827. The molecule has 0 aliphatic carbocycles. The second kappa shape index (κ2) is 7.08. The Bertz CT molecular complexity index is 657. The molecule has 0 N–H and O–H groups in total. The SMILES string of the molecule is Cc1ccc(CN2CCN(C(=O)C(C)C)C[C@@]3(CC(=O)N(C)C3)C2)s1. The number of rotatable bonds is 3. The number of hydrogen-bond donors (Lipinski definition) is 0. The Balaban J connectivity index is 1.81. The monoisotopic (exact) mass is 363 g/mol. The first kappa shape index (κ1) is 18.4. The molecule has 1 aromatic rings. The van der Waals surface area contributed by atoms with Gasteiger partial charge in [0.15, 0.2) is 0 Å². The van der Waals surface area contributed by atoms with E-state index in [-0.39, 0.29) is 23.1 Å². The van der Waals surface area contributed by atoms with E-state index < -0.39 is 0 Å². The van der Waals surface area contributed by atoms with Crippen LogP contribution in [0, 0.1) is 18.3 Å². The van der Waals surface area contributed by atoms with Crippen molar-refractivity contribution >= 4 is 23.2 Å². The van der Waals surface area contributed by atoms with E-state index in [0.29, 0.717) is 13.0 Å². The van der Waals surface area contributed by atoms with Crippen molar-refractivity contribution in [3.63, 3.8) is 0 Å². The van der Waals surface area contributed by atoms with Gasteiger partial charge in [-0.25, -0.2) is 0 Å². The molecule has 1 aromatic heterocycles. The standard InChI is InChI=1S/C19H29N3O2S/c1-14(2)18(24)22-8-7-21(10-16-6-5-15(3)25-16)12-19(13-22)9-17(23)20(4)11-19/h5-6,14H,7-13H2,1-4H3/t19-/m1/s1. The first-order valence-electron chi connectivity index (χ1n) is 9.08. The van der Waals surface area contributed by atoms with Crippen LogP contribution in [-0.2, 0) is 16.1 Å². The summed E-state index contributed by atoms with van der Waals surface area (Å²) >= 11 is 1.83. The zero-order valence-corrected chi connectivity index (χ0v) is 16.6. The molecule has 1 spiro atoms. The van der Waals surface area contributed by atoms with Gasteiger partial charge in [0.1, 0.15) is 0 Å². The van der Waals surface area contributed by atoms with Gasteiger partial charge in [0.05, 0.1) is 0 Å². The Kier molecular flexibility index (Phi) is 5.21. The van der Waals surface area contributed by atoms with Gasteiger partial charge < -0.3 is 9.80 Å². The molecular formula is C19H29N3O2S. The molecule has 5 nitrogen and oxygen atoms in total. The molecule has 2 amide bonds. The minimum Gasteiger partial charge on any atom is -0.345 e. The maximum absolute atomic E-state index is 12.6. The van der Waals surface area contributed by atoms with Crippen molar-refractivity contribution in [1.82, 2.24) is 14.7 Å². The Morgan fingerprint density at radius 2 is 2.00 bits per heavy atom. The molecule has 0 unspecified atom stereocenters. The second-order valence-electron chi connectivity index (χ2n) is 8.06. The number of aryl methyl sites for hydroxylation is 1. The normalized spacial score (nSPS) is 25.2. The van der Waals surface area contributed by atoms with Crippen LogP contribution in [0.25, 0.3) is 0 Å². The third kappa shape index (κ3) is 4.06. The molecule has 0 aromatic carbocycles. The van der Waals surface area contributed by atoms with Crippen molar-refractivity contribution in [2.45, 2.75) is 33.7 Å². The largest absolute Gasteiger partial charge is 0.345 e. The van der Waals surface area contributed by atoms with Gasteiger partial charge in [-0.15, -0.1) is 11.3 Å². The first-order chi connectivity index (χ1) is 11.8. The van der Waals surface area contributed by atoms with Crippen molar-refractivity contribution in [3.8, 4) is 0 Å². The lowest BCUT2D eigenvalue weighted by Gasteiger charge is -2.33. The fourth-order valence-corrected chi connectivity index (χ4v) is 5.08. The highest BCUT2D eigenvalue weighted by atomic mass is 32.1. The predicted molar refractivity (Wildman–Crippen MR) is 100 cm³/mol. The van der Waals surface area contributed by atoms with Crippen molar-refractivity contribution in [2.24, 2.45) is 11.3 Å². The highest BCUT2D eigenvalue weighted by Gasteiger charge is 2.46. The highest BCUT2D eigenvalue weighted by molar-refractivity contribution is 7.11. The minimum atomic E-state index is -0.140. The topological polar surface area (TPSA) is 43.9 Å². The maximum Gasteiger partial charge on any atom is 0.225 e. The van der Waals surface area contributed by atoms with Crippen molar-refractivity contribution in [3.05, 3.63) is 21.9 Å². The van der Waals surface area contributed by atoms with Crippen LogP contribution in [0.3, 0.4) is 0 Å². The molecule has 2 saturated heterocycles.